The first-order valence-corrected chi connectivity index (χ1v) is 19.6. The molecule has 0 radical (unpaired) electrons. The van der Waals surface area contributed by atoms with Crippen molar-refractivity contribution in [1.29, 1.82) is 0 Å². The first kappa shape index (κ1) is 33.8. The van der Waals surface area contributed by atoms with Crippen molar-refractivity contribution in [3.05, 3.63) is 145 Å². The van der Waals surface area contributed by atoms with Crippen LogP contribution in [0, 0.1) is 6.33 Å². The Morgan fingerprint density at radius 2 is 1.38 bits per heavy atom. The molecule has 0 aliphatic rings. The van der Waals surface area contributed by atoms with Gasteiger partial charge in [-0.25, -0.2) is 4.98 Å². The topological polar surface area (TPSA) is 48.8 Å². The van der Waals surface area contributed by atoms with E-state index in [0.29, 0.717) is 37.2 Å². The number of benzene rings is 4. The average Bonchev–Trinajstić information content (AvgIpc) is 3.79. The summed E-state index contributed by atoms with van der Waals surface area (Å²) in [6.45, 7) is 15.0. The molecule has 0 saturated heterocycles. The highest BCUT2D eigenvalue weighted by atomic mass is 16.5. The molecule has 6 heteroatoms. The van der Waals surface area contributed by atoms with Gasteiger partial charge in [0.15, 0.2) is 0 Å². The predicted molar refractivity (Wildman–Crippen MR) is 225 cm³/mol. The Morgan fingerprint density at radius 3 is 2.09 bits per heavy atom. The SMILES string of the molecule is [2H]C(CC)(CC)c1cc(-[n+]2[c-]n(-c3cncc(Oc4ccc5c6ccccc6n(-c6cc(C(C)(C)C)ccn6)c5c4)c3)c3ccccc32)cc(C([2H])(CC)CC)c1. The first-order valence-electron chi connectivity index (χ1n) is 20.6. The molecule has 278 valence electrons. The summed E-state index contributed by atoms with van der Waals surface area (Å²) in [5, 5.41) is 2.28. The second-order valence-electron chi connectivity index (χ2n) is 15.3. The Morgan fingerprint density at radius 1 is 0.709 bits per heavy atom. The number of para-hydroxylation sites is 3. The van der Waals surface area contributed by atoms with Crippen molar-refractivity contribution in [2.45, 2.75) is 91.4 Å². The van der Waals surface area contributed by atoms with E-state index in [1.54, 1.807) is 6.20 Å². The van der Waals surface area contributed by atoms with E-state index in [4.69, 9.17) is 9.72 Å². The Balaban J connectivity index is 1.21. The first-order chi connectivity index (χ1) is 27.4. The van der Waals surface area contributed by atoms with Crippen LogP contribution in [0.4, 0.5) is 0 Å². The summed E-state index contributed by atoms with van der Waals surface area (Å²) in [6.07, 6.45) is 11.8. The molecular formula is C49H51N5O. The van der Waals surface area contributed by atoms with Crippen LogP contribution in [0.3, 0.4) is 0 Å². The minimum atomic E-state index is -0.758. The van der Waals surface area contributed by atoms with Crippen LogP contribution in [0.1, 0.15) is 105 Å². The van der Waals surface area contributed by atoms with Crippen LogP contribution in [-0.2, 0) is 5.41 Å². The molecule has 8 rings (SSSR count). The van der Waals surface area contributed by atoms with Crippen LogP contribution in [0.5, 0.6) is 11.5 Å². The molecule has 0 aliphatic heterocycles. The van der Waals surface area contributed by atoms with E-state index < -0.39 is 11.8 Å². The molecule has 4 heterocycles. The number of hydrogen-bond donors (Lipinski definition) is 0. The van der Waals surface area contributed by atoms with Gasteiger partial charge in [0.05, 0.1) is 39.6 Å². The molecule has 0 N–H and O–H groups in total. The maximum atomic E-state index is 9.40. The highest BCUT2D eigenvalue weighted by Gasteiger charge is 2.20. The van der Waals surface area contributed by atoms with E-state index in [9.17, 15) is 2.74 Å². The van der Waals surface area contributed by atoms with E-state index in [1.807, 2.05) is 41.2 Å². The summed E-state index contributed by atoms with van der Waals surface area (Å²) >= 11 is 0. The van der Waals surface area contributed by atoms with Crippen molar-refractivity contribution >= 4 is 32.8 Å². The number of nitrogens with zero attached hydrogens (tertiary/aromatic N) is 5. The zero-order valence-corrected chi connectivity index (χ0v) is 33.0. The third-order valence-electron chi connectivity index (χ3n) is 10.9. The number of ether oxygens (including phenoxy) is 1. The Hall–Kier alpha value is -5.75. The molecule has 55 heavy (non-hydrogen) atoms. The van der Waals surface area contributed by atoms with E-state index in [-0.39, 0.29) is 5.41 Å². The van der Waals surface area contributed by atoms with Crippen LogP contribution in [0.25, 0.3) is 50.0 Å². The second-order valence-corrected chi connectivity index (χ2v) is 15.3. The summed E-state index contributed by atoms with van der Waals surface area (Å²) in [7, 11) is 0. The van der Waals surface area contributed by atoms with Crippen molar-refractivity contribution in [3.63, 3.8) is 0 Å². The van der Waals surface area contributed by atoms with E-state index in [0.717, 1.165) is 61.2 Å². The van der Waals surface area contributed by atoms with Crippen molar-refractivity contribution in [3.8, 4) is 28.7 Å². The maximum absolute atomic E-state index is 9.40. The zero-order valence-electron chi connectivity index (χ0n) is 35.0. The summed E-state index contributed by atoms with van der Waals surface area (Å²) in [6, 6.07) is 35.5. The molecule has 0 aliphatic carbocycles. The third kappa shape index (κ3) is 6.79. The number of hydrogen-bond acceptors (Lipinski definition) is 3. The van der Waals surface area contributed by atoms with E-state index in [2.05, 4.69) is 148 Å². The largest absolute Gasteiger partial charge is 0.456 e. The minimum Gasteiger partial charge on any atom is -0.456 e. The van der Waals surface area contributed by atoms with Gasteiger partial charge in [-0.15, -0.1) is 0 Å². The van der Waals surface area contributed by atoms with Crippen molar-refractivity contribution in [2.75, 3.05) is 0 Å². The van der Waals surface area contributed by atoms with Crippen molar-refractivity contribution in [2.24, 2.45) is 0 Å². The summed E-state index contributed by atoms with van der Waals surface area (Å²) in [5.74, 6) is 0.637. The monoisotopic (exact) mass is 727 g/mol. The van der Waals surface area contributed by atoms with Gasteiger partial charge in [-0.1, -0.05) is 97.0 Å². The molecule has 0 unspecified atom stereocenters. The van der Waals surface area contributed by atoms with Gasteiger partial charge in [-0.05, 0) is 108 Å². The molecule has 0 amide bonds. The predicted octanol–water partition coefficient (Wildman–Crippen LogP) is 12.5. The van der Waals surface area contributed by atoms with Crippen molar-refractivity contribution < 1.29 is 12.0 Å². The maximum Gasteiger partial charge on any atom is 0.269 e. The smallest absolute Gasteiger partial charge is 0.269 e. The second kappa shape index (κ2) is 14.8. The lowest BCUT2D eigenvalue weighted by molar-refractivity contribution is -0.572. The lowest BCUT2D eigenvalue weighted by atomic mass is 9.87. The minimum absolute atomic E-state index is 0.0205. The van der Waals surface area contributed by atoms with E-state index >= 15 is 0 Å². The quantitative estimate of drug-likeness (QED) is 0.0984. The van der Waals surface area contributed by atoms with Gasteiger partial charge in [0.25, 0.3) is 6.33 Å². The summed E-state index contributed by atoms with van der Waals surface area (Å²) in [5.41, 5.74) is 8.75. The lowest BCUT2D eigenvalue weighted by Gasteiger charge is -2.20. The molecule has 8 aromatic rings. The third-order valence-corrected chi connectivity index (χ3v) is 10.9. The average molecular weight is 728 g/mol. The molecule has 4 aromatic carbocycles. The Bertz CT molecular complexity index is 2710. The van der Waals surface area contributed by atoms with Crippen LogP contribution in [0.2, 0.25) is 0 Å². The molecule has 0 spiro atoms. The van der Waals surface area contributed by atoms with Crippen LogP contribution in [-0.4, -0.2) is 19.1 Å². The lowest BCUT2D eigenvalue weighted by Crippen LogP contribution is -2.30. The fraction of sp³-hybridized carbons (Fsp3) is 0.286. The van der Waals surface area contributed by atoms with Gasteiger partial charge in [0.2, 0.25) is 0 Å². The van der Waals surface area contributed by atoms with Gasteiger partial charge < -0.3 is 4.74 Å². The van der Waals surface area contributed by atoms with Crippen LogP contribution in [0.15, 0.2) is 122 Å². The fourth-order valence-corrected chi connectivity index (χ4v) is 7.90. The van der Waals surface area contributed by atoms with Gasteiger partial charge in [-0.2, -0.15) is 0 Å². The molecular weight excluding hydrogens is 675 g/mol. The molecule has 6 nitrogen and oxygen atoms in total. The van der Waals surface area contributed by atoms with Gasteiger partial charge >= 0.3 is 0 Å². The van der Waals surface area contributed by atoms with Gasteiger partial charge in [0.1, 0.15) is 17.3 Å². The summed E-state index contributed by atoms with van der Waals surface area (Å²) in [4.78, 5) is 9.48. The standard InChI is InChI=1S/C49H51N5O/c1-8-33(9-2)35-24-36(34(10-3)11-4)26-38(25-35)52-32-53(46-19-15-14-18-45(46)52)39-28-41(31-50-30-39)55-40-20-21-43-42-16-12-13-17-44(42)54(47(43)29-40)48-27-37(22-23-51-48)49(5,6)7/h12-31,33-34H,8-11H2,1-7H3/i33D,34D. The zero-order chi connectivity index (χ0) is 40.1. The van der Waals surface area contributed by atoms with E-state index in [1.165, 1.54) is 5.56 Å². The molecule has 0 saturated carbocycles. The number of rotatable bonds is 11. The Labute approximate surface area is 327 Å². The number of aromatic nitrogens is 5. The highest BCUT2D eigenvalue weighted by molar-refractivity contribution is 6.09. The van der Waals surface area contributed by atoms with Crippen LogP contribution >= 0.6 is 0 Å². The fourth-order valence-electron chi connectivity index (χ4n) is 7.90. The number of imidazole rings is 1. The highest BCUT2D eigenvalue weighted by Crippen LogP contribution is 2.36. The molecule has 0 atom stereocenters. The van der Waals surface area contributed by atoms with Gasteiger partial charge in [0, 0.05) is 32.0 Å². The van der Waals surface area contributed by atoms with Crippen LogP contribution < -0.4 is 9.30 Å². The number of pyridine rings is 2. The van der Waals surface area contributed by atoms with Crippen molar-refractivity contribution in [1.82, 2.24) is 19.1 Å². The molecule has 0 bridgehead atoms. The number of fused-ring (bicyclic) bond motifs is 4. The normalized spacial score (nSPS) is 13.1. The summed E-state index contributed by atoms with van der Waals surface area (Å²) < 4.78 is 31.7. The molecule has 4 aromatic heterocycles. The van der Waals surface area contributed by atoms with Gasteiger partial charge in [-0.3, -0.25) is 18.7 Å². The molecule has 0 fully saturated rings. The Kier molecular flexibility index (Phi) is 9.11.